The third kappa shape index (κ3) is 18.7. The lowest BCUT2D eigenvalue weighted by atomic mass is 10.2. The first-order valence-electron chi connectivity index (χ1n) is 5.44. The van der Waals surface area contributed by atoms with Gasteiger partial charge in [-0.25, -0.2) is 4.79 Å². The summed E-state index contributed by atoms with van der Waals surface area (Å²) in [4.78, 5) is 10.9. The van der Waals surface area contributed by atoms with Gasteiger partial charge in [0.15, 0.2) is 0 Å². The maximum absolute atomic E-state index is 10.9. The van der Waals surface area contributed by atoms with Crippen LogP contribution in [0.25, 0.3) is 0 Å². The Hall–Kier alpha value is -1.03. The highest BCUT2D eigenvalue weighted by Gasteiger charge is 2.14. The van der Waals surface area contributed by atoms with Gasteiger partial charge in [0.1, 0.15) is 5.60 Å². The van der Waals surface area contributed by atoms with Crippen LogP contribution in [0.3, 0.4) is 0 Å². The van der Waals surface area contributed by atoms with E-state index in [9.17, 15) is 4.79 Å². The topological polar surface area (TPSA) is 47.6 Å². The first-order valence-corrected chi connectivity index (χ1v) is 5.44. The molecule has 0 aliphatic rings. The molecule has 0 aromatic rings. The van der Waals surface area contributed by atoms with Gasteiger partial charge in [0, 0.05) is 13.7 Å². The summed E-state index contributed by atoms with van der Waals surface area (Å²) in [6, 6.07) is 0. The van der Waals surface area contributed by atoms with Crippen LogP contribution in [0.2, 0.25) is 0 Å². The smallest absolute Gasteiger partial charge is 0.407 e. The van der Waals surface area contributed by atoms with E-state index in [2.05, 4.69) is 16.6 Å². The van der Waals surface area contributed by atoms with E-state index in [1.807, 2.05) is 27.7 Å². The molecule has 0 unspecified atom stereocenters. The van der Waals surface area contributed by atoms with E-state index in [4.69, 9.17) is 4.74 Å². The van der Waals surface area contributed by atoms with Crippen molar-refractivity contribution >= 4 is 6.09 Å². The number of alkyl carbamates (subject to hydrolysis) is 1. The third-order valence-electron chi connectivity index (χ3n) is 1.20. The molecule has 0 saturated heterocycles. The summed E-state index contributed by atoms with van der Waals surface area (Å²) in [5, 5.41) is 2.63. The fraction of sp³-hybridized carbons (Fsp3) is 0.750. The zero-order valence-corrected chi connectivity index (χ0v) is 11.1. The summed E-state index contributed by atoms with van der Waals surface area (Å²) >= 11 is 0. The summed E-state index contributed by atoms with van der Waals surface area (Å²) in [7, 11) is 1.64. The molecule has 4 nitrogen and oxygen atoms in total. The van der Waals surface area contributed by atoms with Gasteiger partial charge in [0.25, 0.3) is 0 Å². The number of nitrogens with one attached hydrogen (secondary N) is 1. The van der Waals surface area contributed by atoms with E-state index in [0.717, 1.165) is 6.42 Å². The van der Waals surface area contributed by atoms with Gasteiger partial charge in [0.05, 0.1) is 6.61 Å². The number of carbonyl (C=O) groups excluding carboxylic acids is 1. The Balaban J connectivity index is 0. The van der Waals surface area contributed by atoms with E-state index >= 15 is 0 Å². The number of ether oxygens (including phenoxy) is 2. The second-order valence-electron chi connectivity index (χ2n) is 4.17. The maximum Gasteiger partial charge on any atom is 0.407 e. The van der Waals surface area contributed by atoms with Crippen molar-refractivity contribution < 1.29 is 14.3 Å². The molecule has 1 N–H and O–H groups in total. The molecule has 0 aliphatic carbocycles. The van der Waals surface area contributed by atoms with Gasteiger partial charge in [0.2, 0.25) is 0 Å². The summed E-state index contributed by atoms with van der Waals surface area (Å²) < 4.78 is 9.56. The molecule has 1 amide bonds. The van der Waals surface area contributed by atoms with Crippen molar-refractivity contribution in [1.29, 1.82) is 0 Å². The van der Waals surface area contributed by atoms with Crippen molar-refractivity contribution in [3.05, 3.63) is 12.7 Å². The van der Waals surface area contributed by atoms with Crippen LogP contribution in [0, 0.1) is 0 Å². The predicted molar refractivity (Wildman–Crippen MR) is 66.6 cm³/mol. The summed E-state index contributed by atoms with van der Waals surface area (Å²) in [5.74, 6) is 0. The van der Waals surface area contributed by atoms with Gasteiger partial charge in [-0.1, -0.05) is 13.0 Å². The fourth-order valence-electron chi connectivity index (χ4n) is 0.659. The van der Waals surface area contributed by atoms with E-state index in [-0.39, 0.29) is 6.09 Å². The largest absolute Gasteiger partial charge is 0.444 e. The molecule has 0 radical (unpaired) electrons. The number of hydrogen-bond acceptors (Lipinski definition) is 3. The minimum atomic E-state index is -0.391. The molecule has 0 saturated carbocycles. The van der Waals surface area contributed by atoms with Crippen molar-refractivity contribution in [3.8, 4) is 0 Å². The van der Waals surface area contributed by atoms with Crippen LogP contribution < -0.4 is 5.32 Å². The zero-order valence-electron chi connectivity index (χ0n) is 11.1. The monoisotopic (exact) mass is 231 g/mol. The van der Waals surface area contributed by atoms with Gasteiger partial charge in [-0.3, -0.25) is 0 Å². The van der Waals surface area contributed by atoms with Crippen molar-refractivity contribution in [1.82, 2.24) is 5.32 Å². The fourth-order valence-corrected chi connectivity index (χ4v) is 0.659. The van der Waals surface area contributed by atoms with E-state index in [1.54, 1.807) is 13.2 Å². The molecule has 0 aromatic heterocycles. The molecule has 0 fully saturated rings. The maximum atomic E-state index is 10.9. The summed E-state index contributed by atoms with van der Waals surface area (Å²) in [5.41, 5.74) is -0.391. The summed E-state index contributed by atoms with van der Waals surface area (Å²) in [6.07, 6.45) is 2.30. The lowest BCUT2D eigenvalue weighted by Crippen LogP contribution is -2.32. The Morgan fingerprint density at radius 1 is 1.44 bits per heavy atom. The van der Waals surface area contributed by atoms with Gasteiger partial charge in [-0.05, 0) is 27.2 Å². The van der Waals surface area contributed by atoms with Crippen LogP contribution in [0.15, 0.2) is 12.7 Å². The number of carbonyl (C=O) groups is 1. The molecular formula is C12H25NO3. The van der Waals surface area contributed by atoms with Crippen molar-refractivity contribution in [2.45, 2.75) is 39.7 Å². The van der Waals surface area contributed by atoms with Gasteiger partial charge in [-0.2, -0.15) is 0 Å². The highest BCUT2D eigenvalue weighted by atomic mass is 16.6. The van der Waals surface area contributed by atoms with Gasteiger partial charge < -0.3 is 14.8 Å². The zero-order chi connectivity index (χ0) is 13.0. The second kappa shape index (κ2) is 10.5. The van der Waals surface area contributed by atoms with Crippen LogP contribution >= 0.6 is 0 Å². The average Bonchev–Trinajstić information content (AvgIpc) is 2.14. The molecule has 96 valence electrons. The molecule has 0 bridgehead atoms. The lowest BCUT2D eigenvalue weighted by Gasteiger charge is -2.19. The summed E-state index contributed by atoms with van der Waals surface area (Å²) in [6.45, 7) is 12.3. The molecule has 0 atom stereocenters. The first kappa shape index (κ1) is 17.4. The molecular weight excluding hydrogens is 206 g/mol. The second-order valence-corrected chi connectivity index (χ2v) is 4.17. The van der Waals surface area contributed by atoms with E-state index < -0.39 is 5.60 Å². The van der Waals surface area contributed by atoms with Crippen LogP contribution in [-0.4, -0.2) is 32.0 Å². The number of rotatable bonds is 4. The SMILES string of the molecule is C=CCOC.CCCNC(=O)OC(C)(C)C. The van der Waals surface area contributed by atoms with Gasteiger partial charge in [-0.15, -0.1) is 6.58 Å². The van der Waals surface area contributed by atoms with Crippen LogP contribution in [0.1, 0.15) is 34.1 Å². The van der Waals surface area contributed by atoms with E-state index in [0.29, 0.717) is 13.2 Å². The molecule has 0 spiro atoms. The standard InChI is InChI=1S/C8H17NO2.C4H8O/c1-5-6-9-7(10)11-8(2,3)4;1-3-4-5-2/h5-6H2,1-4H3,(H,9,10);3H,1,4H2,2H3. The van der Waals surface area contributed by atoms with Crippen molar-refractivity contribution in [2.75, 3.05) is 20.3 Å². The lowest BCUT2D eigenvalue weighted by molar-refractivity contribution is 0.0528. The minimum absolute atomic E-state index is 0.334. The molecule has 16 heavy (non-hydrogen) atoms. The number of amides is 1. The van der Waals surface area contributed by atoms with Gasteiger partial charge >= 0.3 is 6.09 Å². The number of methoxy groups -OCH3 is 1. The third-order valence-corrected chi connectivity index (χ3v) is 1.20. The Morgan fingerprint density at radius 2 is 2.00 bits per heavy atom. The molecule has 0 heterocycles. The minimum Gasteiger partial charge on any atom is -0.444 e. The Labute approximate surface area is 99.0 Å². The molecule has 4 heteroatoms. The van der Waals surface area contributed by atoms with Crippen LogP contribution in [-0.2, 0) is 9.47 Å². The van der Waals surface area contributed by atoms with Crippen molar-refractivity contribution in [2.24, 2.45) is 0 Å². The Morgan fingerprint density at radius 3 is 2.25 bits per heavy atom. The molecule has 0 aromatic carbocycles. The molecule has 0 aliphatic heterocycles. The Bertz CT molecular complexity index is 185. The van der Waals surface area contributed by atoms with E-state index in [1.165, 1.54) is 0 Å². The Kier molecular flexibility index (Phi) is 11.4. The number of hydrogen-bond donors (Lipinski definition) is 1. The highest BCUT2D eigenvalue weighted by Crippen LogP contribution is 2.05. The first-order chi connectivity index (χ1) is 7.37. The molecule has 0 rings (SSSR count). The predicted octanol–water partition coefficient (Wildman–Crippen LogP) is 2.74. The average molecular weight is 231 g/mol. The van der Waals surface area contributed by atoms with Crippen LogP contribution in [0.5, 0.6) is 0 Å². The quantitative estimate of drug-likeness (QED) is 0.757. The van der Waals surface area contributed by atoms with Crippen LogP contribution in [0.4, 0.5) is 4.79 Å². The van der Waals surface area contributed by atoms with Crippen molar-refractivity contribution in [3.63, 3.8) is 0 Å². The normalized spacial score (nSPS) is 9.81. The highest BCUT2D eigenvalue weighted by molar-refractivity contribution is 5.67.